The third kappa shape index (κ3) is 3.92. The second kappa shape index (κ2) is 6.54. The number of thiophene rings is 1. The van der Waals surface area contributed by atoms with Gasteiger partial charge in [0.2, 0.25) is 5.91 Å². The average Bonchev–Trinajstić information content (AvgIpc) is 2.78. The van der Waals surface area contributed by atoms with Crippen molar-refractivity contribution in [2.45, 2.75) is 26.7 Å². The van der Waals surface area contributed by atoms with Gasteiger partial charge in [0.15, 0.2) is 5.78 Å². The highest BCUT2D eigenvalue weighted by Gasteiger charge is 2.14. The van der Waals surface area contributed by atoms with Crippen molar-refractivity contribution in [3.63, 3.8) is 0 Å². The molecule has 0 atom stereocenters. The van der Waals surface area contributed by atoms with E-state index in [1.807, 2.05) is 19.9 Å². The average molecular weight is 303 g/mol. The molecule has 1 aromatic carbocycles. The molecule has 0 aliphatic rings. The summed E-state index contributed by atoms with van der Waals surface area (Å²) in [6.07, 6.45) is 0.262. The number of hydrogen-bond donors (Lipinski definition) is 2. The van der Waals surface area contributed by atoms with Crippen molar-refractivity contribution >= 4 is 28.7 Å². The summed E-state index contributed by atoms with van der Waals surface area (Å²) in [7, 11) is 0. The van der Waals surface area contributed by atoms with Gasteiger partial charge in [-0.05, 0) is 32.0 Å². The number of carbonyl (C=O) groups is 2. The minimum absolute atomic E-state index is 0.0153. The molecule has 0 saturated carbocycles. The van der Waals surface area contributed by atoms with Crippen LogP contribution < -0.4 is 5.32 Å². The van der Waals surface area contributed by atoms with E-state index in [4.69, 9.17) is 0 Å². The number of rotatable bonds is 5. The fourth-order valence-corrected chi connectivity index (χ4v) is 3.00. The molecule has 2 aromatic rings. The fraction of sp³-hybridized carbons (Fsp3) is 0.250. The summed E-state index contributed by atoms with van der Waals surface area (Å²) in [5.41, 5.74) is 1.06. The van der Waals surface area contributed by atoms with Crippen molar-refractivity contribution in [3.05, 3.63) is 45.6 Å². The van der Waals surface area contributed by atoms with Crippen molar-refractivity contribution in [3.8, 4) is 5.75 Å². The van der Waals surface area contributed by atoms with Crippen LogP contribution in [0, 0.1) is 13.8 Å². The molecule has 110 valence electrons. The Kier molecular flexibility index (Phi) is 4.75. The standard InChI is InChI=1S/C16H17NO3S/c1-10-9-12(11(2)21-10)14(18)7-8-16(20)17-13-5-3-4-6-15(13)19/h3-6,9,19H,7-8H2,1-2H3,(H,17,20). The Morgan fingerprint density at radius 2 is 1.90 bits per heavy atom. The lowest BCUT2D eigenvalue weighted by Crippen LogP contribution is -2.13. The van der Waals surface area contributed by atoms with Crippen LogP contribution >= 0.6 is 11.3 Å². The number of benzene rings is 1. The predicted octanol–water partition coefficient (Wildman–Crippen LogP) is 3.67. The van der Waals surface area contributed by atoms with Crippen molar-refractivity contribution in [1.82, 2.24) is 0 Å². The normalized spacial score (nSPS) is 10.4. The van der Waals surface area contributed by atoms with Crippen molar-refractivity contribution in [2.75, 3.05) is 5.32 Å². The molecular formula is C16H17NO3S. The van der Waals surface area contributed by atoms with Crippen LogP contribution in [0.25, 0.3) is 0 Å². The summed E-state index contributed by atoms with van der Waals surface area (Å²) in [6.45, 7) is 3.87. The van der Waals surface area contributed by atoms with Gasteiger partial charge in [-0.25, -0.2) is 0 Å². The van der Waals surface area contributed by atoms with Crippen molar-refractivity contribution in [1.29, 1.82) is 0 Å². The molecule has 0 spiro atoms. The summed E-state index contributed by atoms with van der Waals surface area (Å²) in [4.78, 5) is 26.0. The third-order valence-corrected chi connectivity index (χ3v) is 4.06. The van der Waals surface area contributed by atoms with Crippen LogP contribution in [-0.2, 0) is 4.79 Å². The maximum atomic E-state index is 12.1. The van der Waals surface area contributed by atoms with Gasteiger partial charge in [0.05, 0.1) is 5.69 Å². The number of phenolic OH excluding ortho intramolecular Hbond substituents is 1. The molecule has 0 saturated heterocycles. The number of carbonyl (C=O) groups excluding carboxylic acids is 2. The van der Waals surface area contributed by atoms with Gasteiger partial charge in [0.1, 0.15) is 5.75 Å². The molecule has 1 heterocycles. The summed E-state index contributed by atoms with van der Waals surface area (Å²) in [5, 5.41) is 12.2. The van der Waals surface area contributed by atoms with Gasteiger partial charge in [0, 0.05) is 28.2 Å². The zero-order valence-electron chi connectivity index (χ0n) is 12.0. The summed E-state index contributed by atoms with van der Waals surface area (Å²) < 4.78 is 0. The number of phenols is 1. The first-order chi connectivity index (χ1) is 9.97. The monoisotopic (exact) mass is 303 g/mol. The number of amides is 1. The van der Waals surface area contributed by atoms with Crippen molar-refractivity contribution < 1.29 is 14.7 Å². The summed E-state index contributed by atoms with van der Waals surface area (Å²) >= 11 is 1.58. The van der Waals surface area contributed by atoms with E-state index >= 15 is 0 Å². The van der Waals surface area contributed by atoms with E-state index in [-0.39, 0.29) is 30.3 Å². The van der Waals surface area contributed by atoms with Gasteiger partial charge in [0.25, 0.3) is 0 Å². The predicted molar refractivity (Wildman–Crippen MR) is 84.1 cm³/mol. The molecule has 2 rings (SSSR count). The first-order valence-corrected chi connectivity index (χ1v) is 7.47. The number of anilines is 1. The maximum Gasteiger partial charge on any atom is 0.224 e. The molecule has 0 aliphatic heterocycles. The van der Waals surface area contributed by atoms with Gasteiger partial charge in [-0.3, -0.25) is 9.59 Å². The lowest BCUT2D eigenvalue weighted by molar-refractivity contribution is -0.116. The van der Waals surface area contributed by atoms with E-state index in [0.29, 0.717) is 11.3 Å². The maximum absolute atomic E-state index is 12.1. The molecule has 21 heavy (non-hydrogen) atoms. The third-order valence-electron chi connectivity index (χ3n) is 3.10. The molecular weight excluding hydrogens is 286 g/mol. The number of para-hydroxylation sites is 2. The topological polar surface area (TPSA) is 66.4 Å². The number of nitrogens with one attached hydrogen (secondary N) is 1. The number of Topliss-reactive ketones (excluding diaryl/α,β-unsaturated/α-hetero) is 1. The van der Waals surface area contributed by atoms with Crippen LogP contribution in [0.2, 0.25) is 0 Å². The number of aryl methyl sites for hydroxylation is 2. The molecule has 1 amide bonds. The number of aromatic hydroxyl groups is 1. The van der Waals surface area contributed by atoms with E-state index in [0.717, 1.165) is 9.75 Å². The van der Waals surface area contributed by atoms with Gasteiger partial charge in [-0.2, -0.15) is 0 Å². The minimum Gasteiger partial charge on any atom is -0.506 e. The smallest absolute Gasteiger partial charge is 0.224 e. The fourth-order valence-electron chi connectivity index (χ4n) is 2.06. The quantitative estimate of drug-likeness (QED) is 0.654. The van der Waals surface area contributed by atoms with Crippen LogP contribution in [0.4, 0.5) is 5.69 Å². The van der Waals surface area contributed by atoms with Crippen LogP contribution in [0.15, 0.2) is 30.3 Å². The summed E-state index contributed by atoms with van der Waals surface area (Å²) in [5.74, 6) is -0.291. The Balaban J connectivity index is 1.91. The SMILES string of the molecule is Cc1cc(C(=O)CCC(=O)Nc2ccccc2O)c(C)s1. The second-order valence-electron chi connectivity index (χ2n) is 4.82. The highest BCUT2D eigenvalue weighted by Crippen LogP contribution is 2.23. The largest absolute Gasteiger partial charge is 0.506 e. The lowest BCUT2D eigenvalue weighted by Gasteiger charge is -2.06. The molecule has 4 nitrogen and oxygen atoms in total. The van der Waals surface area contributed by atoms with Gasteiger partial charge in [-0.1, -0.05) is 12.1 Å². The van der Waals surface area contributed by atoms with Gasteiger partial charge >= 0.3 is 0 Å². The Morgan fingerprint density at radius 3 is 2.52 bits per heavy atom. The minimum atomic E-state index is -0.283. The molecule has 0 radical (unpaired) electrons. The van der Waals surface area contributed by atoms with Gasteiger partial charge < -0.3 is 10.4 Å². The van der Waals surface area contributed by atoms with E-state index < -0.39 is 0 Å². The molecule has 1 aromatic heterocycles. The molecule has 0 unspecified atom stereocenters. The highest BCUT2D eigenvalue weighted by molar-refractivity contribution is 7.12. The highest BCUT2D eigenvalue weighted by atomic mass is 32.1. The van der Waals surface area contributed by atoms with E-state index in [1.54, 1.807) is 29.5 Å². The Morgan fingerprint density at radius 1 is 1.19 bits per heavy atom. The van der Waals surface area contributed by atoms with E-state index in [9.17, 15) is 14.7 Å². The second-order valence-corrected chi connectivity index (χ2v) is 6.28. The zero-order valence-corrected chi connectivity index (χ0v) is 12.8. The zero-order chi connectivity index (χ0) is 15.4. The Bertz CT molecular complexity index is 676. The number of ketones is 1. The van der Waals surface area contributed by atoms with Crippen LogP contribution in [0.3, 0.4) is 0 Å². The first-order valence-electron chi connectivity index (χ1n) is 6.65. The summed E-state index contributed by atoms with van der Waals surface area (Å²) in [6, 6.07) is 8.37. The van der Waals surface area contributed by atoms with Crippen LogP contribution in [0.1, 0.15) is 33.0 Å². The van der Waals surface area contributed by atoms with Gasteiger partial charge in [-0.15, -0.1) is 11.3 Å². The van der Waals surface area contributed by atoms with Crippen LogP contribution in [0.5, 0.6) is 5.75 Å². The van der Waals surface area contributed by atoms with E-state index in [1.165, 1.54) is 6.07 Å². The molecule has 5 heteroatoms. The van der Waals surface area contributed by atoms with E-state index in [2.05, 4.69) is 5.32 Å². The molecule has 0 aliphatic carbocycles. The Hall–Kier alpha value is -2.14. The molecule has 0 fully saturated rings. The Labute approximate surface area is 127 Å². The number of hydrogen-bond acceptors (Lipinski definition) is 4. The van der Waals surface area contributed by atoms with Crippen molar-refractivity contribution in [2.24, 2.45) is 0 Å². The lowest BCUT2D eigenvalue weighted by atomic mass is 10.1. The molecule has 0 bridgehead atoms. The molecule has 2 N–H and O–H groups in total. The first kappa shape index (κ1) is 15.3. The van der Waals surface area contributed by atoms with Crippen LogP contribution in [-0.4, -0.2) is 16.8 Å².